The van der Waals surface area contributed by atoms with Crippen molar-refractivity contribution in [2.24, 2.45) is 0 Å². The molecular weight excluding hydrogens is 544 g/mol. The van der Waals surface area contributed by atoms with Crippen LogP contribution >= 0.6 is 0 Å². The zero-order valence-electron chi connectivity index (χ0n) is 24.3. The number of carbonyl (C=O) groups is 3. The number of imide groups is 2. The molecule has 1 N–H and O–H groups in total. The molecule has 43 heavy (non-hydrogen) atoms. The van der Waals surface area contributed by atoms with Crippen molar-refractivity contribution in [3.63, 3.8) is 0 Å². The molecule has 0 radical (unpaired) electrons. The molecule has 4 amide bonds. The van der Waals surface area contributed by atoms with E-state index in [2.05, 4.69) is 31.3 Å². The van der Waals surface area contributed by atoms with Gasteiger partial charge in [-0.3, -0.25) is 14.9 Å². The Hall–Kier alpha value is -5.37. The van der Waals surface area contributed by atoms with Gasteiger partial charge in [-0.2, -0.15) is 0 Å². The van der Waals surface area contributed by atoms with Gasteiger partial charge in [0.05, 0.1) is 12.3 Å². The van der Waals surface area contributed by atoms with Crippen molar-refractivity contribution >= 4 is 29.6 Å². The van der Waals surface area contributed by atoms with Crippen LogP contribution in [-0.2, 0) is 22.8 Å². The number of benzene rings is 4. The van der Waals surface area contributed by atoms with Crippen LogP contribution in [0.3, 0.4) is 0 Å². The van der Waals surface area contributed by atoms with Gasteiger partial charge in [-0.05, 0) is 91.1 Å². The van der Waals surface area contributed by atoms with Gasteiger partial charge in [0.2, 0.25) is 0 Å². The van der Waals surface area contributed by atoms with Crippen molar-refractivity contribution in [2.45, 2.75) is 34.0 Å². The summed E-state index contributed by atoms with van der Waals surface area (Å²) < 4.78 is 17.7. The fourth-order valence-electron chi connectivity index (χ4n) is 4.55. The van der Waals surface area contributed by atoms with Crippen LogP contribution < -0.4 is 24.4 Å². The summed E-state index contributed by atoms with van der Waals surface area (Å²) in [5.41, 5.74) is 5.10. The molecule has 8 nitrogen and oxygen atoms in total. The number of carbonyl (C=O) groups excluding carboxylic acids is 3. The van der Waals surface area contributed by atoms with Crippen molar-refractivity contribution in [3.05, 3.63) is 124 Å². The molecule has 0 atom stereocenters. The molecule has 4 aromatic carbocycles. The molecule has 0 aliphatic carbocycles. The van der Waals surface area contributed by atoms with E-state index in [1.807, 2.05) is 43.3 Å². The fraction of sp³-hybridized carbons (Fsp3) is 0.171. The minimum atomic E-state index is -0.824. The number of anilines is 1. The van der Waals surface area contributed by atoms with E-state index in [0.717, 1.165) is 16.0 Å². The van der Waals surface area contributed by atoms with Crippen LogP contribution in [0.1, 0.15) is 34.7 Å². The molecule has 218 valence electrons. The zero-order chi connectivity index (χ0) is 30.3. The second-order valence-corrected chi connectivity index (χ2v) is 10.1. The lowest BCUT2D eigenvalue weighted by Crippen LogP contribution is -2.54. The second kappa shape index (κ2) is 13.1. The molecule has 0 saturated carbocycles. The van der Waals surface area contributed by atoms with Crippen molar-refractivity contribution < 1.29 is 28.6 Å². The van der Waals surface area contributed by atoms with E-state index >= 15 is 0 Å². The van der Waals surface area contributed by atoms with Gasteiger partial charge in [0.25, 0.3) is 11.8 Å². The van der Waals surface area contributed by atoms with Crippen molar-refractivity contribution in [1.82, 2.24) is 5.32 Å². The van der Waals surface area contributed by atoms with Gasteiger partial charge >= 0.3 is 6.03 Å². The van der Waals surface area contributed by atoms with Crippen molar-refractivity contribution in [1.29, 1.82) is 0 Å². The summed E-state index contributed by atoms with van der Waals surface area (Å²) in [6.07, 6.45) is 1.43. The first-order valence-corrected chi connectivity index (χ1v) is 14.0. The van der Waals surface area contributed by atoms with Gasteiger partial charge < -0.3 is 14.2 Å². The summed E-state index contributed by atoms with van der Waals surface area (Å²) in [6.45, 7) is 7.11. The molecule has 5 rings (SSSR count). The van der Waals surface area contributed by atoms with E-state index < -0.39 is 17.8 Å². The Kier molecular flexibility index (Phi) is 8.86. The number of rotatable bonds is 10. The summed E-state index contributed by atoms with van der Waals surface area (Å²) in [7, 11) is 0. The van der Waals surface area contributed by atoms with Crippen LogP contribution in [0, 0.1) is 13.8 Å². The molecule has 1 aliphatic heterocycles. The summed E-state index contributed by atoms with van der Waals surface area (Å²) in [4.78, 5) is 39.8. The Bertz CT molecular complexity index is 1680. The molecular formula is C35H32N2O6. The maximum absolute atomic E-state index is 13.4. The SMILES string of the molecule is CCOc1cc(/C=C2\C(=O)NC(=O)N(c3ccc(OCc4ccccc4)cc3)C2=O)ccc1OCc1ccc(C)c(C)c1. The van der Waals surface area contributed by atoms with Crippen molar-refractivity contribution in [3.8, 4) is 17.2 Å². The second-order valence-electron chi connectivity index (χ2n) is 10.1. The zero-order valence-corrected chi connectivity index (χ0v) is 24.3. The molecule has 0 aromatic heterocycles. The van der Waals surface area contributed by atoms with E-state index in [0.29, 0.717) is 48.3 Å². The van der Waals surface area contributed by atoms with E-state index in [9.17, 15) is 14.4 Å². The van der Waals surface area contributed by atoms with Gasteiger partial charge in [-0.25, -0.2) is 9.69 Å². The Balaban J connectivity index is 1.33. The van der Waals surface area contributed by atoms with E-state index in [4.69, 9.17) is 14.2 Å². The summed E-state index contributed by atoms with van der Waals surface area (Å²) in [5.74, 6) is 0.0748. The molecule has 4 aromatic rings. The van der Waals surface area contributed by atoms with Crippen LogP contribution in [0.2, 0.25) is 0 Å². The largest absolute Gasteiger partial charge is 0.490 e. The lowest BCUT2D eigenvalue weighted by Gasteiger charge is -2.26. The molecule has 1 heterocycles. The van der Waals surface area contributed by atoms with Gasteiger partial charge in [0.15, 0.2) is 11.5 Å². The average Bonchev–Trinajstić information content (AvgIpc) is 3.00. The Morgan fingerprint density at radius 2 is 1.47 bits per heavy atom. The number of hydrogen-bond acceptors (Lipinski definition) is 6. The maximum atomic E-state index is 13.4. The van der Waals surface area contributed by atoms with Crippen LogP contribution in [0.4, 0.5) is 10.5 Å². The van der Waals surface area contributed by atoms with E-state index in [1.165, 1.54) is 17.2 Å². The molecule has 1 saturated heterocycles. The first-order valence-electron chi connectivity index (χ1n) is 14.0. The molecule has 1 aliphatic rings. The number of nitrogens with one attached hydrogen (secondary N) is 1. The third kappa shape index (κ3) is 6.93. The van der Waals surface area contributed by atoms with Gasteiger partial charge in [-0.1, -0.05) is 54.6 Å². The first kappa shape index (κ1) is 29.1. The monoisotopic (exact) mass is 576 g/mol. The van der Waals surface area contributed by atoms with Crippen LogP contribution in [-0.4, -0.2) is 24.5 Å². The number of aryl methyl sites for hydroxylation is 2. The molecule has 0 unspecified atom stereocenters. The Morgan fingerprint density at radius 1 is 0.721 bits per heavy atom. The lowest BCUT2D eigenvalue weighted by molar-refractivity contribution is -0.122. The van der Waals surface area contributed by atoms with Crippen molar-refractivity contribution in [2.75, 3.05) is 11.5 Å². The van der Waals surface area contributed by atoms with Crippen LogP contribution in [0.25, 0.3) is 6.08 Å². The number of barbiturate groups is 1. The topological polar surface area (TPSA) is 94.2 Å². The number of nitrogens with zero attached hydrogens (tertiary/aromatic N) is 1. The molecule has 0 bridgehead atoms. The Labute approximate surface area is 250 Å². The summed E-state index contributed by atoms with van der Waals surface area (Å²) in [5, 5.41) is 2.26. The molecule has 0 spiro atoms. The minimum Gasteiger partial charge on any atom is -0.490 e. The highest BCUT2D eigenvalue weighted by Gasteiger charge is 2.36. The quantitative estimate of drug-likeness (QED) is 0.171. The number of urea groups is 1. The highest BCUT2D eigenvalue weighted by Crippen LogP contribution is 2.31. The van der Waals surface area contributed by atoms with Gasteiger partial charge in [0.1, 0.15) is 24.5 Å². The maximum Gasteiger partial charge on any atom is 0.335 e. The van der Waals surface area contributed by atoms with Gasteiger partial charge in [-0.15, -0.1) is 0 Å². The predicted octanol–water partition coefficient (Wildman–Crippen LogP) is 6.53. The Morgan fingerprint density at radius 3 is 2.19 bits per heavy atom. The number of amides is 4. The highest BCUT2D eigenvalue weighted by atomic mass is 16.5. The van der Waals surface area contributed by atoms with E-state index in [1.54, 1.807) is 42.5 Å². The summed E-state index contributed by atoms with van der Waals surface area (Å²) in [6, 6.07) is 26.8. The average molecular weight is 577 g/mol. The number of hydrogen-bond donors (Lipinski definition) is 1. The van der Waals surface area contributed by atoms with Crippen LogP contribution in [0.15, 0.2) is 96.6 Å². The summed E-state index contributed by atoms with van der Waals surface area (Å²) >= 11 is 0. The lowest BCUT2D eigenvalue weighted by atomic mass is 10.1. The standard InChI is InChI=1S/C35H32N2O6/c1-4-41-32-20-26(12-17-31(32)43-22-27-11-10-23(2)24(3)18-27)19-30-33(38)36-35(40)37(34(30)39)28-13-15-29(16-14-28)42-21-25-8-6-5-7-9-25/h5-20H,4,21-22H2,1-3H3,(H,36,38,40)/b30-19+. The first-order chi connectivity index (χ1) is 20.8. The highest BCUT2D eigenvalue weighted by molar-refractivity contribution is 6.39. The normalized spacial score (nSPS) is 14.1. The van der Waals surface area contributed by atoms with Gasteiger partial charge in [0, 0.05) is 0 Å². The third-order valence-electron chi connectivity index (χ3n) is 6.99. The van der Waals surface area contributed by atoms with Crippen LogP contribution in [0.5, 0.6) is 17.2 Å². The minimum absolute atomic E-state index is 0.185. The smallest absolute Gasteiger partial charge is 0.335 e. The third-order valence-corrected chi connectivity index (χ3v) is 6.99. The molecule has 8 heteroatoms. The fourth-order valence-corrected chi connectivity index (χ4v) is 4.55. The van der Waals surface area contributed by atoms with E-state index in [-0.39, 0.29) is 5.57 Å². The number of ether oxygens (including phenoxy) is 3. The predicted molar refractivity (Wildman–Crippen MR) is 164 cm³/mol. The molecule has 1 fully saturated rings.